The molecule has 0 bridgehead atoms. The molecule has 2 aliphatic carbocycles. The lowest BCUT2D eigenvalue weighted by atomic mass is 9.68. The van der Waals surface area contributed by atoms with Gasteiger partial charge in [0.1, 0.15) is 0 Å². The Hall–Kier alpha value is -0.930. The fraction of sp³-hybridized carbons (Fsp3) is 0.706. The third-order valence-electron chi connectivity index (χ3n) is 5.19. The number of fused-ring (bicyclic) bond motifs is 1. The molecule has 1 aromatic rings. The van der Waals surface area contributed by atoms with E-state index in [0.717, 1.165) is 45.1 Å². The van der Waals surface area contributed by atoms with E-state index in [2.05, 4.69) is 23.3 Å². The molecule has 0 saturated heterocycles. The van der Waals surface area contributed by atoms with Crippen LogP contribution in [-0.4, -0.2) is 28.3 Å². The van der Waals surface area contributed by atoms with Gasteiger partial charge in [0.2, 0.25) is 0 Å². The molecule has 3 nitrogen and oxygen atoms in total. The number of hydrogen-bond acceptors (Lipinski definition) is 3. The van der Waals surface area contributed by atoms with Crippen molar-refractivity contribution in [2.24, 2.45) is 0 Å². The van der Waals surface area contributed by atoms with Crippen LogP contribution in [0.4, 0.5) is 0 Å². The van der Waals surface area contributed by atoms with E-state index in [0.29, 0.717) is 6.04 Å². The minimum Gasteiger partial charge on any atom is -0.389 e. The van der Waals surface area contributed by atoms with Gasteiger partial charge < -0.3 is 10.4 Å². The number of rotatable bonds is 3. The Morgan fingerprint density at radius 2 is 2.15 bits per heavy atom. The van der Waals surface area contributed by atoms with Crippen molar-refractivity contribution in [2.45, 2.75) is 69.4 Å². The lowest BCUT2D eigenvalue weighted by molar-refractivity contribution is -0.0336. The third-order valence-corrected chi connectivity index (χ3v) is 5.19. The Bertz CT molecular complexity index is 452. The van der Waals surface area contributed by atoms with Crippen LogP contribution >= 0.6 is 0 Å². The minimum atomic E-state index is -0.532. The van der Waals surface area contributed by atoms with Crippen LogP contribution in [0.3, 0.4) is 0 Å². The first kappa shape index (κ1) is 14.0. The second-order valence-electron chi connectivity index (χ2n) is 6.43. The third kappa shape index (κ3) is 2.61. The molecule has 1 fully saturated rings. The van der Waals surface area contributed by atoms with Crippen LogP contribution in [0.2, 0.25) is 0 Å². The van der Waals surface area contributed by atoms with Crippen molar-refractivity contribution in [3.63, 3.8) is 0 Å². The van der Waals surface area contributed by atoms with Gasteiger partial charge in [-0.05, 0) is 63.1 Å². The molecule has 1 heterocycles. The maximum absolute atomic E-state index is 11.2. The van der Waals surface area contributed by atoms with E-state index in [1.165, 1.54) is 17.7 Å². The van der Waals surface area contributed by atoms with E-state index in [1.54, 1.807) is 0 Å². The van der Waals surface area contributed by atoms with Crippen molar-refractivity contribution in [2.75, 3.05) is 6.54 Å². The topological polar surface area (TPSA) is 45.1 Å². The van der Waals surface area contributed by atoms with Crippen LogP contribution in [0.25, 0.3) is 0 Å². The second-order valence-corrected chi connectivity index (χ2v) is 6.43. The van der Waals surface area contributed by atoms with Crippen molar-refractivity contribution in [1.29, 1.82) is 0 Å². The number of aromatic nitrogens is 1. The zero-order valence-corrected chi connectivity index (χ0v) is 12.4. The number of aryl methyl sites for hydroxylation is 1. The molecule has 1 aromatic heterocycles. The number of hydrogen-bond donors (Lipinski definition) is 2. The fourth-order valence-electron chi connectivity index (χ4n) is 4.09. The standard InChI is InChI=1S/C17H26N2O/c1-2-18-14-8-10-17(20,11-9-14)15-7-3-5-13-6-4-12-19-16(13)15/h4,6,12,14-15,18,20H,2-3,5,7-11H2,1H3. The number of pyridine rings is 1. The summed E-state index contributed by atoms with van der Waals surface area (Å²) in [6.45, 7) is 3.18. The van der Waals surface area contributed by atoms with Crippen molar-refractivity contribution in [3.05, 3.63) is 29.6 Å². The maximum Gasteiger partial charge on any atom is 0.0732 e. The first-order valence-electron chi connectivity index (χ1n) is 8.12. The molecule has 0 aliphatic heterocycles. The van der Waals surface area contributed by atoms with Gasteiger partial charge in [0.25, 0.3) is 0 Å². The molecule has 2 aliphatic rings. The summed E-state index contributed by atoms with van der Waals surface area (Å²) in [4.78, 5) is 4.60. The number of nitrogens with one attached hydrogen (secondary N) is 1. The monoisotopic (exact) mass is 274 g/mol. The summed E-state index contributed by atoms with van der Waals surface area (Å²) in [7, 11) is 0. The quantitative estimate of drug-likeness (QED) is 0.891. The van der Waals surface area contributed by atoms with Gasteiger partial charge >= 0.3 is 0 Å². The van der Waals surface area contributed by atoms with E-state index in [4.69, 9.17) is 0 Å². The highest BCUT2D eigenvalue weighted by molar-refractivity contribution is 5.28. The van der Waals surface area contributed by atoms with Crippen molar-refractivity contribution in [3.8, 4) is 0 Å². The zero-order chi connectivity index (χ0) is 14.0. The number of aliphatic hydroxyl groups is 1. The smallest absolute Gasteiger partial charge is 0.0732 e. The summed E-state index contributed by atoms with van der Waals surface area (Å²) in [6.07, 6.45) is 9.26. The SMILES string of the molecule is CCNC1CCC(O)(C2CCCc3cccnc32)CC1. The van der Waals surface area contributed by atoms with Gasteiger partial charge in [-0.3, -0.25) is 4.98 Å². The predicted octanol–water partition coefficient (Wildman–Crippen LogP) is 2.78. The van der Waals surface area contributed by atoms with Crippen LogP contribution in [-0.2, 0) is 6.42 Å². The van der Waals surface area contributed by atoms with Gasteiger partial charge in [-0.25, -0.2) is 0 Å². The lowest BCUT2D eigenvalue weighted by Gasteiger charge is -2.43. The van der Waals surface area contributed by atoms with Crippen LogP contribution in [0.15, 0.2) is 18.3 Å². The Balaban J connectivity index is 1.77. The summed E-state index contributed by atoms with van der Waals surface area (Å²) in [5.41, 5.74) is 1.99. The molecular weight excluding hydrogens is 248 g/mol. The van der Waals surface area contributed by atoms with Crippen LogP contribution in [0.5, 0.6) is 0 Å². The molecule has 2 N–H and O–H groups in total. The predicted molar refractivity (Wildman–Crippen MR) is 80.8 cm³/mol. The second kappa shape index (κ2) is 5.82. The highest BCUT2D eigenvalue weighted by Gasteiger charge is 2.42. The van der Waals surface area contributed by atoms with E-state index >= 15 is 0 Å². The highest BCUT2D eigenvalue weighted by atomic mass is 16.3. The summed E-state index contributed by atoms with van der Waals surface area (Å²) in [5, 5.41) is 14.7. The molecule has 1 unspecified atom stereocenters. The van der Waals surface area contributed by atoms with Crippen molar-refractivity contribution in [1.82, 2.24) is 10.3 Å². The summed E-state index contributed by atoms with van der Waals surface area (Å²) in [6, 6.07) is 4.79. The largest absolute Gasteiger partial charge is 0.389 e. The normalized spacial score (nSPS) is 33.7. The molecule has 3 rings (SSSR count). The Labute approximate surface area is 121 Å². The fourth-order valence-corrected chi connectivity index (χ4v) is 4.09. The molecule has 1 atom stereocenters. The Morgan fingerprint density at radius 3 is 2.90 bits per heavy atom. The van der Waals surface area contributed by atoms with Crippen LogP contribution in [0.1, 0.15) is 62.6 Å². The number of nitrogens with zero attached hydrogens (tertiary/aromatic N) is 1. The molecule has 110 valence electrons. The Morgan fingerprint density at radius 1 is 1.35 bits per heavy atom. The van der Waals surface area contributed by atoms with Gasteiger partial charge in [0.15, 0.2) is 0 Å². The van der Waals surface area contributed by atoms with Gasteiger partial charge in [0.05, 0.1) is 5.60 Å². The molecule has 3 heteroatoms. The van der Waals surface area contributed by atoms with Gasteiger partial charge in [0, 0.05) is 23.9 Å². The Kier molecular flexibility index (Phi) is 4.08. The molecule has 0 radical (unpaired) electrons. The average Bonchev–Trinajstić information content (AvgIpc) is 2.49. The molecule has 20 heavy (non-hydrogen) atoms. The molecule has 1 saturated carbocycles. The van der Waals surface area contributed by atoms with E-state index in [9.17, 15) is 5.11 Å². The van der Waals surface area contributed by atoms with E-state index in [-0.39, 0.29) is 5.92 Å². The average molecular weight is 274 g/mol. The van der Waals surface area contributed by atoms with Crippen molar-refractivity contribution >= 4 is 0 Å². The highest BCUT2D eigenvalue weighted by Crippen LogP contribution is 2.45. The zero-order valence-electron chi connectivity index (χ0n) is 12.4. The van der Waals surface area contributed by atoms with Gasteiger partial charge in [-0.15, -0.1) is 0 Å². The van der Waals surface area contributed by atoms with Crippen LogP contribution < -0.4 is 5.32 Å². The van der Waals surface area contributed by atoms with E-state index in [1.807, 2.05) is 12.3 Å². The lowest BCUT2D eigenvalue weighted by Crippen LogP contribution is -2.46. The molecule has 0 spiro atoms. The summed E-state index contributed by atoms with van der Waals surface area (Å²) in [5.74, 6) is 0.245. The van der Waals surface area contributed by atoms with Gasteiger partial charge in [-0.2, -0.15) is 0 Å². The van der Waals surface area contributed by atoms with Gasteiger partial charge in [-0.1, -0.05) is 13.0 Å². The summed E-state index contributed by atoms with van der Waals surface area (Å²) < 4.78 is 0. The molecular formula is C17H26N2O. The first-order valence-corrected chi connectivity index (χ1v) is 8.12. The van der Waals surface area contributed by atoms with Crippen molar-refractivity contribution < 1.29 is 5.11 Å². The van der Waals surface area contributed by atoms with E-state index < -0.39 is 5.60 Å². The van der Waals surface area contributed by atoms with Crippen LogP contribution in [0, 0.1) is 0 Å². The molecule has 0 aromatic carbocycles. The molecule has 0 amide bonds. The minimum absolute atomic E-state index is 0.245. The summed E-state index contributed by atoms with van der Waals surface area (Å²) >= 11 is 0. The first-order chi connectivity index (χ1) is 9.73. The maximum atomic E-state index is 11.2.